The maximum absolute atomic E-state index is 12.4. The van der Waals surface area contributed by atoms with Crippen molar-refractivity contribution in [1.82, 2.24) is 9.88 Å². The number of hydrogen-bond donors (Lipinski definition) is 1. The monoisotopic (exact) mass is 372 g/mol. The molecule has 1 aromatic heterocycles. The van der Waals surface area contributed by atoms with Gasteiger partial charge in [-0.1, -0.05) is 13.8 Å². The second-order valence-electron chi connectivity index (χ2n) is 6.73. The van der Waals surface area contributed by atoms with E-state index in [0.717, 1.165) is 24.3 Å². The first-order valence-corrected chi connectivity index (χ1v) is 9.63. The molecule has 1 aliphatic rings. The average molecular weight is 372 g/mol. The van der Waals surface area contributed by atoms with Crippen molar-refractivity contribution >= 4 is 34.0 Å². The molecular weight excluding hydrogens is 348 g/mol. The summed E-state index contributed by atoms with van der Waals surface area (Å²) < 4.78 is 0. The average Bonchev–Trinajstić information content (AvgIpc) is 3.11. The lowest BCUT2D eigenvalue weighted by Gasteiger charge is -2.35. The zero-order chi connectivity index (χ0) is 18.7. The van der Waals surface area contributed by atoms with E-state index in [0.29, 0.717) is 24.1 Å². The van der Waals surface area contributed by atoms with Gasteiger partial charge in [0.25, 0.3) is 0 Å². The van der Waals surface area contributed by atoms with Crippen molar-refractivity contribution in [2.45, 2.75) is 26.7 Å². The Bertz CT molecular complexity index is 777. The number of rotatable bonds is 4. The van der Waals surface area contributed by atoms with Crippen molar-refractivity contribution in [2.24, 2.45) is 0 Å². The summed E-state index contributed by atoms with van der Waals surface area (Å²) in [5.41, 5.74) is 1.80. The van der Waals surface area contributed by atoms with Crippen molar-refractivity contribution < 1.29 is 9.59 Å². The van der Waals surface area contributed by atoms with E-state index in [2.05, 4.69) is 29.0 Å². The number of carbonyl (C=O) groups excluding carboxylic acids is 2. The predicted octanol–water partition coefficient (Wildman–Crippen LogP) is 3.82. The largest absolute Gasteiger partial charge is 0.368 e. The second kappa shape index (κ2) is 7.86. The van der Waals surface area contributed by atoms with Gasteiger partial charge in [-0.2, -0.15) is 0 Å². The quantitative estimate of drug-likeness (QED) is 0.829. The number of Topliss-reactive ketones (excluding diaryl/α,β-unsaturated/α-hetero) is 1. The van der Waals surface area contributed by atoms with Crippen LogP contribution >= 0.6 is 11.3 Å². The van der Waals surface area contributed by atoms with Crippen molar-refractivity contribution in [3.8, 4) is 0 Å². The maximum atomic E-state index is 12.4. The molecule has 2 heterocycles. The van der Waals surface area contributed by atoms with Crippen LogP contribution in [0.1, 0.15) is 41.9 Å². The molecule has 1 aromatic carbocycles. The van der Waals surface area contributed by atoms with Gasteiger partial charge in [-0.25, -0.2) is 9.78 Å². The van der Waals surface area contributed by atoms with Crippen LogP contribution in [0.15, 0.2) is 30.5 Å². The van der Waals surface area contributed by atoms with Gasteiger partial charge in [0.2, 0.25) is 0 Å². The number of urea groups is 1. The lowest BCUT2D eigenvalue weighted by atomic mass is 10.1. The Morgan fingerprint density at radius 2 is 1.77 bits per heavy atom. The molecule has 2 aromatic rings. The van der Waals surface area contributed by atoms with Crippen LogP contribution in [-0.4, -0.2) is 47.9 Å². The Morgan fingerprint density at radius 1 is 1.12 bits per heavy atom. The molecule has 138 valence electrons. The maximum Gasteiger partial charge on any atom is 0.323 e. The summed E-state index contributed by atoms with van der Waals surface area (Å²) in [6, 6.07) is 7.54. The molecule has 0 atom stereocenters. The lowest BCUT2D eigenvalue weighted by Crippen LogP contribution is -2.50. The van der Waals surface area contributed by atoms with Gasteiger partial charge in [-0.3, -0.25) is 10.1 Å². The van der Waals surface area contributed by atoms with Gasteiger partial charge in [0.1, 0.15) is 0 Å². The van der Waals surface area contributed by atoms with E-state index in [1.54, 1.807) is 6.92 Å². The molecule has 26 heavy (non-hydrogen) atoms. The molecule has 7 heteroatoms. The van der Waals surface area contributed by atoms with E-state index in [4.69, 9.17) is 0 Å². The number of aromatic nitrogens is 1. The smallest absolute Gasteiger partial charge is 0.323 e. The zero-order valence-electron chi connectivity index (χ0n) is 15.4. The minimum Gasteiger partial charge on any atom is -0.368 e. The van der Waals surface area contributed by atoms with Gasteiger partial charge >= 0.3 is 6.03 Å². The number of carbonyl (C=O) groups is 2. The molecule has 1 aliphatic heterocycles. The molecule has 1 saturated heterocycles. The minimum atomic E-state index is -0.0961. The SMILES string of the molecule is CC(=O)c1ccc(N2CCN(C(=O)Nc3ncc(C(C)C)s3)CC2)cc1. The topological polar surface area (TPSA) is 65.5 Å². The first-order valence-electron chi connectivity index (χ1n) is 8.81. The fraction of sp³-hybridized carbons (Fsp3) is 0.421. The number of thiazole rings is 1. The van der Waals surface area contributed by atoms with Crippen LogP contribution in [0, 0.1) is 0 Å². The van der Waals surface area contributed by atoms with Gasteiger partial charge in [0.15, 0.2) is 10.9 Å². The summed E-state index contributed by atoms with van der Waals surface area (Å²) in [6.07, 6.45) is 1.83. The standard InChI is InChI=1S/C19H24N4O2S/c1-13(2)17-12-20-18(26-17)21-19(25)23-10-8-22(9-11-23)16-6-4-15(5-7-16)14(3)24/h4-7,12-13H,8-11H2,1-3H3,(H,20,21,25). The van der Waals surface area contributed by atoms with Gasteiger partial charge in [0, 0.05) is 48.5 Å². The third-order valence-corrected chi connectivity index (χ3v) is 5.73. The minimum absolute atomic E-state index is 0.0702. The third kappa shape index (κ3) is 4.22. The molecule has 0 unspecified atom stereocenters. The van der Waals surface area contributed by atoms with Crippen LogP contribution < -0.4 is 10.2 Å². The number of benzene rings is 1. The molecular formula is C19H24N4O2S. The molecule has 0 radical (unpaired) electrons. The molecule has 6 nitrogen and oxygen atoms in total. The van der Waals surface area contributed by atoms with E-state index in [9.17, 15) is 9.59 Å². The molecule has 2 amide bonds. The number of ketones is 1. The highest BCUT2D eigenvalue weighted by molar-refractivity contribution is 7.15. The summed E-state index contributed by atoms with van der Waals surface area (Å²) in [4.78, 5) is 33.3. The molecule has 0 bridgehead atoms. The molecule has 1 fully saturated rings. The lowest BCUT2D eigenvalue weighted by molar-refractivity contribution is 0.101. The summed E-state index contributed by atoms with van der Waals surface area (Å²) >= 11 is 1.53. The molecule has 0 spiro atoms. The first kappa shape index (κ1) is 18.4. The Kier molecular flexibility index (Phi) is 5.56. The Morgan fingerprint density at radius 3 is 2.31 bits per heavy atom. The number of anilines is 2. The molecule has 3 rings (SSSR count). The van der Waals surface area contributed by atoms with Gasteiger partial charge < -0.3 is 9.80 Å². The number of amides is 2. The number of hydrogen-bond acceptors (Lipinski definition) is 5. The van der Waals surface area contributed by atoms with Crippen molar-refractivity contribution in [2.75, 3.05) is 36.4 Å². The summed E-state index contributed by atoms with van der Waals surface area (Å²) in [5, 5.41) is 3.55. The Labute approximate surface area is 157 Å². The van der Waals surface area contributed by atoms with E-state index in [-0.39, 0.29) is 11.8 Å². The van der Waals surface area contributed by atoms with Crippen LogP contribution in [-0.2, 0) is 0 Å². The first-order chi connectivity index (χ1) is 12.4. The third-order valence-electron chi connectivity index (χ3n) is 4.51. The zero-order valence-corrected chi connectivity index (χ0v) is 16.2. The predicted molar refractivity (Wildman–Crippen MR) is 105 cm³/mol. The highest BCUT2D eigenvalue weighted by atomic mass is 32.1. The van der Waals surface area contributed by atoms with Crippen LogP contribution in [0.3, 0.4) is 0 Å². The highest BCUT2D eigenvalue weighted by Crippen LogP contribution is 2.25. The van der Waals surface area contributed by atoms with Crippen LogP contribution in [0.4, 0.5) is 15.6 Å². The number of piperazine rings is 1. The summed E-state index contributed by atoms with van der Waals surface area (Å²) in [5.74, 6) is 0.483. The van der Waals surface area contributed by atoms with Crippen molar-refractivity contribution in [1.29, 1.82) is 0 Å². The van der Waals surface area contributed by atoms with Gasteiger partial charge in [-0.15, -0.1) is 11.3 Å². The van der Waals surface area contributed by atoms with E-state index < -0.39 is 0 Å². The summed E-state index contributed by atoms with van der Waals surface area (Å²) in [7, 11) is 0. The highest BCUT2D eigenvalue weighted by Gasteiger charge is 2.22. The number of nitrogens with one attached hydrogen (secondary N) is 1. The molecule has 1 N–H and O–H groups in total. The number of nitrogens with zero attached hydrogens (tertiary/aromatic N) is 3. The van der Waals surface area contributed by atoms with Gasteiger partial charge in [-0.05, 0) is 37.1 Å². The van der Waals surface area contributed by atoms with Crippen LogP contribution in [0.2, 0.25) is 0 Å². The fourth-order valence-corrected chi connectivity index (χ4v) is 3.66. The van der Waals surface area contributed by atoms with Crippen LogP contribution in [0.5, 0.6) is 0 Å². The fourth-order valence-electron chi connectivity index (χ4n) is 2.86. The van der Waals surface area contributed by atoms with E-state index in [1.165, 1.54) is 16.2 Å². The van der Waals surface area contributed by atoms with E-state index in [1.807, 2.05) is 35.4 Å². The van der Waals surface area contributed by atoms with Crippen molar-refractivity contribution in [3.63, 3.8) is 0 Å². The summed E-state index contributed by atoms with van der Waals surface area (Å²) in [6.45, 7) is 8.64. The van der Waals surface area contributed by atoms with E-state index >= 15 is 0 Å². The molecule has 0 saturated carbocycles. The normalized spacial score (nSPS) is 14.6. The Hall–Kier alpha value is -2.41. The van der Waals surface area contributed by atoms with Crippen LogP contribution in [0.25, 0.3) is 0 Å². The van der Waals surface area contributed by atoms with Crippen molar-refractivity contribution in [3.05, 3.63) is 40.9 Å². The Balaban J connectivity index is 1.54. The van der Waals surface area contributed by atoms with Gasteiger partial charge in [0.05, 0.1) is 0 Å². The molecule has 0 aliphatic carbocycles. The second-order valence-corrected chi connectivity index (χ2v) is 7.79.